The molecule has 0 atom stereocenters. The summed E-state index contributed by atoms with van der Waals surface area (Å²) < 4.78 is 14.2. The molecule has 0 amide bonds. The van der Waals surface area contributed by atoms with Crippen LogP contribution in [0.2, 0.25) is 0 Å². The fraction of sp³-hybridized carbons (Fsp3) is 0.143. The average Bonchev–Trinajstić information content (AvgIpc) is 2.32. The SMILES string of the molecule is Cc1cc(Br)ccc1NCc1ccc(O)c(F)c1. The topological polar surface area (TPSA) is 32.3 Å². The van der Waals surface area contributed by atoms with Crippen LogP contribution in [0.1, 0.15) is 11.1 Å². The molecular weight excluding hydrogens is 297 g/mol. The summed E-state index contributed by atoms with van der Waals surface area (Å²) in [6.07, 6.45) is 0. The normalized spacial score (nSPS) is 10.4. The van der Waals surface area contributed by atoms with Gasteiger partial charge in [0.2, 0.25) is 0 Å². The van der Waals surface area contributed by atoms with Crippen LogP contribution in [0.15, 0.2) is 40.9 Å². The quantitative estimate of drug-likeness (QED) is 0.890. The zero-order valence-electron chi connectivity index (χ0n) is 9.87. The van der Waals surface area contributed by atoms with Crippen LogP contribution >= 0.6 is 15.9 Å². The summed E-state index contributed by atoms with van der Waals surface area (Å²) in [5, 5.41) is 12.3. The highest BCUT2D eigenvalue weighted by molar-refractivity contribution is 9.10. The van der Waals surface area contributed by atoms with Crippen molar-refractivity contribution in [3.63, 3.8) is 0 Å². The summed E-state index contributed by atoms with van der Waals surface area (Å²) in [5.74, 6) is -0.916. The Balaban J connectivity index is 2.09. The third-order valence-electron chi connectivity index (χ3n) is 2.68. The van der Waals surface area contributed by atoms with E-state index >= 15 is 0 Å². The number of hydrogen-bond donors (Lipinski definition) is 2. The molecule has 0 aromatic heterocycles. The van der Waals surface area contributed by atoms with Gasteiger partial charge in [-0.2, -0.15) is 0 Å². The second-order valence-corrected chi connectivity index (χ2v) is 5.01. The third kappa shape index (κ3) is 3.01. The number of phenolic OH excluding ortho intramolecular Hbond substituents is 1. The van der Waals surface area contributed by atoms with Gasteiger partial charge in [0.05, 0.1) is 0 Å². The molecular formula is C14H13BrFNO. The number of phenols is 1. The second-order valence-electron chi connectivity index (χ2n) is 4.10. The van der Waals surface area contributed by atoms with Gasteiger partial charge in [-0.15, -0.1) is 0 Å². The van der Waals surface area contributed by atoms with Crippen LogP contribution in [-0.2, 0) is 6.54 Å². The molecule has 0 fully saturated rings. The van der Waals surface area contributed by atoms with Gasteiger partial charge >= 0.3 is 0 Å². The molecule has 0 saturated carbocycles. The van der Waals surface area contributed by atoms with E-state index in [2.05, 4.69) is 21.2 Å². The first-order chi connectivity index (χ1) is 8.56. The van der Waals surface area contributed by atoms with Gasteiger partial charge in [-0.05, 0) is 48.4 Å². The number of benzene rings is 2. The van der Waals surface area contributed by atoms with Gasteiger partial charge in [0.25, 0.3) is 0 Å². The highest BCUT2D eigenvalue weighted by Crippen LogP contribution is 2.21. The molecule has 94 valence electrons. The van der Waals surface area contributed by atoms with Gasteiger partial charge in [-0.1, -0.05) is 22.0 Å². The number of aromatic hydroxyl groups is 1. The average molecular weight is 310 g/mol. The minimum absolute atomic E-state index is 0.321. The van der Waals surface area contributed by atoms with Crippen molar-refractivity contribution >= 4 is 21.6 Å². The molecule has 2 nitrogen and oxygen atoms in total. The van der Waals surface area contributed by atoms with Crippen LogP contribution in [0.25, 0.3) is 0 Å². The van der Waals surface area contributed by atoms with Crippen LogP contribution < -0.4 is 5.32 Å². The fourth-order valence-corrected chi connectivity index (χ4v) is 2.16. The highest BCUT2D eigenvalue weighted by Gasteiger charge is 2.03. The van der Waals surface area contributed by atoms with E-state index < -0.39 is 5.82 Å². The molecule has 0 saturated heterocycles. The molecule has 0 heterocycles. The molecule has 2 rings (SSSR count). The van der Waals surface area contributed by atoms with Gasteiger partial charge in [0, 0.05) is 16.7 Å². The van der Waals surface area contributed by atoms with Crippen LogP contribution in [0.5, 0.6) is 5.75 Å². The van der Waals surface area contributed by atoms with Crippen molar-refractivity contribution in [1.29, 1.82) is 0 Å². The van der Waals surface area contributed by atoms with Gasteiger partial charge in [-0.25, -0.2) is 4.39 Å². The standard InChI is InChI=1S/C14H13BrFNO/c1-9-6-11(15)3-4-13(9)17-8-10-2-5-14(18)12(16)7-10/h2-7,17-18H,8H2,1H3. The first-order valence-corrected chi connectivity index (χ1v) is 6.33. The minimum atomic E-state index is -0.596. The van der Waals surface area contributed by atoms with Gasteiger partial charge < -0.3 is 10.4 Å². The Morgan fingerprint density at radius 1 is 1.22 bits per heavy atom. The Labute approximate surface area is 114 Å². The van der Waals surface area contributed by atoms with Crippen molar-refractivity contribution in [1.82, 2.24) is 0 Å². The number of hydrogen-bond acceptors (Lipinski definition) is 2. The van der Waals surface area contributed by atoms with Crippen LogP contribution in [0.3, 0.4) is 0 Å². The lowest BCUT2D eigenvalue weighted by Gasteiger charge is -2.10. The smallest absolute Gasteiger partial charge is 0.165 e. The summed E-state index contributed by atoms with van der Waals surface area (Å²) in [6, 6.07) is 10.3. The summed E-state index contributed by atoms with van der Waals surface area (Å²) in [5.41, 5.74) is 2.91. The van der Waals surface area contributed by atoms with Crippen LogP contribution in [0.4, 0.5) is 10.1 Å². The van der Waals surface area contributed by atoms with Crippen molar-refractivity contribution in [2.24, 2.45) is 0 Å². The lowest BCUT2D eigenvalue weighted by Crippen LogP contribution is -2.01. The van der Waals surface area contributed by atoms with Crippen molar-refractivity contribution in [2.45, 2.75) is 13.5 Å². The van der Waals surface area contributed by atoms with Crippen molar-refractivity contribution in [3.8, 4) is 5.75 Å². The maximum Gasteiger partial charge on any atom is 0.165 e. The maximum absolute atomic E-state index is 13.2. The van der Waals surface area contributed by atoms with E-state index in [1.54, 1.807) is 6.07 Å². The largest absolute Gasteiger partial charge is 0.505 e. The minimum Gasteiger partial charge on any atom is -0.505 e. The molecule has 2 aromatic carbocycles. The van der Waals surface area contributed by atoms with Crippen LogP contribution in [-0.4, -0.2) is 5.11 Å². The summed E-state index contributed by atoms with van der Waals surface area (Å²) >= 11 is 3.40. The molecule has 0 aliphatic carbocycles. The molecule has 0 unspecified atom stereocenters. The molecule has 0 aliphatic rings. The van der Waals surface area contributed by atoms with Crippen molar-refractivity contribution in [3.05, 3.63) is 57.8 Å². The molecule has 2 aromatic rings. The molecule has 0 aliphatic heterocycles. The lowest BCUT2D eigenvalue weighted by atomic mass is 10.1. The van der Waals surface area contributed by atoms with E-state index in [1.165, 1.54) is 12.1 Å². The molecule has 4 heteroatoms. The predicted molar refractivity (Wildman–Crippen MR) is 74.3 cm³/mol. The van der Waals surface area contributed by atoms with E-state index in [4.69, 9.17) is 5.11 Å². The van der Waals surface area contributed by atoms with Gasteiger partial charge in [0.15, 0.2) is 11.6 Å². The van der Waals surface area contributed by atoms with Crippen molar-refractivity contribution in [2.75, 3.05) is 5.32 Å². The van der Waals surface area contributed by atoms with E-state index in [0.29, 0.717) is 6.54 Å². The number of nitrogens with one attached hydrogen (secondary N) is 1. The van der Waals surface area contributed by atoms with Gasteiger partial charge in [-0.3, -0.25) is 0 Å². The molecule has 0 radical (unpaired) electrons. The summed E-state index contributed by atoms with van der Waals surface area (Å²) in [7, 11) is 0. The van der Waals surface area contributed by atoms with Gasteiger partial charge in [0.1, 0.15) is 0 Å². The predicted octanol–water partition coefficient (Wildman–Crippen LogP) is 4.21. The zero-order chi connectivity index (χ0) is 13.1. The molecule has 0 bridgehead atoms. The Bertz CT molecular complexity index is 572. The highest BCUT2D eigenvalue weighted by atomic mass is 79.9. The molecule has 2 N–H and O–H groups in total. The Hall–Kier alpha value is -1.55. The van der Waals surface area contributed by atoms with E-state index in [9.17, 15) is 4.39 Å². The number of rotatable bonds is 3. The number of halogens is 2. The lowest BCUT2D eigenvalue weighted by molar-refractivity contribution is 0.432. The molecule has 0 spiro atoms. The van der Waals surface area contributed by atoms with Crippen molar-refractivity contribution < 1.29 is 9.50 Å². The molecule has 18 heavy (non-hydrogen) atoms. The monoisotopic (exact) mass is 309 g/mol. The number of aryl methyl sites for hydroxylation is 1. The summed E-state index contributed by atoms with van der Waals surface area (Å²) in [4.78, 5) is 0. The Kier molecular flexibility index (Phi) is 3.87. The number of anilines is 1. The first kappa shape index (κ1) is 12.9. The van der Waals surface area contributed by atoms with E-state index in [0.717, 1.165) is 21.3 Å². The van der Waals surface area contributed by atoms with Crippen LogP contribution in [0, 0.1) is 12.7 Å². The fourth-order valence-electron chi connectivity index (χ4n) is 1.68. The second kappa shape index (κ2) is 5.40. The Morgan fingerprint density at radius 2 is 2.00 bits per heavy atom. The summed E-state index contributed by atoms with van der Waals surface area (Å²) in [6.45, 7) is 2.52. The Morgan fingerprint density at radius 3 is 2.67 bits per heavy atom. The van der Waals surface area contributed by atoms with E-state index in [1.807, 2.05) is 25.1 Å². The first-order valence-electron chi connectivity index (χ1n) is 5.53. The third-order valence-corrected chi connectivity index (χ3v) is 3.18. The zero-order valence-corrected chi connectivity index (χ0v) is 11.5. The van der Waals surface area contributed by atoms with E-state index in [-0.39, 0.29) is 5.75 Å². The maximum atomic E-state index is 13.2.